The molecule has 0 saturated heterocycles. The molecule has 2 unspecified atom stereocenters. The van der Waals surface area contributed by atoms with E-state index >= 15 is 0 Å². The first-order valence-corrected chi connectivity index (χ1v) is 7.30. The van der Waals surface area contributed by atoms with Gasteiger partial charge >= 0.3 is 5.97 Å². The van der Waals surface area contributed by atoms with Gasteiger partial charge in [-0.1, -0.05) is 15.9 Å². The number of ether oxygens (including phenoxy) is 1. The molecule has 0 saturated carbocycles. The summed E-state index contributed by atoms with van der Waals surface area (Å²) in [4.78, 5) is 11.4. The molecule has 1 aliphatic heterocycles. The highest BCUT2D eigenvalue weighted by Gasteiger charge is 2.43. The second-order valence-electron chi connectivity index (χ2n) is 5.16. The lowest BCUT2D eigenvalue weighted by Crippen LogP contribution is -2.44. The van der Waals surface area contributed by atoms with Crippen LogP contribution in [-0.4, -0.2) is 29.5 Å². The first-order chi connectivity index (χ1) is 9.85. The molecule has 2 atom stereocenters. The zero-order valence-corrected chi connectivity index (χ0v) is 13.0. The zero-order chi connectivity index (χ0) is 15.6. The number of aliphatic carboxylic acids is 1. The summed E-state index contributed by atoms with van der Waals surface area (Å²) in [5.74, 6) is -0.827. The minimum atomic E-state index is -1.96. The maximum Gasteiger partial charge on any atom is 0.335 e. The highest BCUT2D eigenvalue weighted by Crippen LogP contribution is 2.38. The molecule has 1 heterocycles. The molecule has 0 aliphatic carbocycles. The Morgan fingerprint density at radius 2 is 2.24 bits per heavy atom. The van der Waals surface area contributed by atoms with Crippen molar-refractivity contribution in [1.29, 1.82) is 0 Å². The predicted octanol–water partition coefficient (Wildman–Crippen LogP) is 4.16. The molecule has 114 valence electrons. The number of carbonyl (C=O) groups is 1. The van der Waals surface area contributed by atoms with Crippen molar-refractivity contribution in [3.05, 3.63) is 33.8 Å². The van der Waals surface area contributed by atoms with Crippen molar-refractivity contribution in [2.24, 2.45) is 0 Å². The number of rotatable bonds is 5. The number of carboxylic acid groups (broad SMARTS) is 1. The molecule has 1 N–H and O–H groups in total. The Hall–Kier alpha value is -1.43. The fourth-order valence-corrected chi connectivity index (χ4v) is 2.72. The smallest absolute Gasteiger partial charge is 0.335 e. The molecular formula is C15H15BrF2O3. The van der Waals surface area contributed by atoms with Crippen LogP contribution >= 0.6 is 15.9 Å². The number of fused-ring (bicyclic) bond motifs is 1. The molecule has 1 aliphatic rings. The fraction of sp³-hybridized carbons (Fsp3) is 0.400. The summed E-state index contributed by atoms with van der Waals surface area (Å²) in [7, 11) is 0. The number of hydrogen-bond acceptors (Lipinski definition) is 2. The quantitative estimate of drug-likeness (QED) is 0.857. The summed E-state index contributed by atoms with van der Waals surface area (Å²) in [6, 6.07) is 5.07. The third-order valence-electron chi connectivity index (χ3n) is 3.40. The van der Waals surface area contributed by atoms with Gasteiger partial charge in [-0.25, -0.2) is 9.18 Å². The van der Waals surface area contributed by atoms with E-state index in [1.807, 2.05) is 0 Å². The Labute approximate surface area is 129 Å². The predicted molar refractivity (Wildman–Crippen MR) is 78.9 cm³/mol. The largest absolute Gasteiger partial charge is 0.481 e. The van der Waals surface area contributed by atoms with Crippen LogP contribution in [0.25, 0.3) is 6.08 Å². The topological polar surface area (TPSA) is 46.5 Å². The van der Waals surface area contributed by atoms with Gasteiger partial charge in [-0.2, -0.15) is 0 Å². The third-order valence-corrected chi connectivity index (χ3v) is 3.90. The Morgan fingerprint density at radius 1 is 1.52 bits per heavy atom. The zero-order valence-electron chi connectivity index (χ0n) is 11.4. The van der Waals surface area contributed by atoms with E-state index in [9.17, 15) is 18.7 Å². The third kappa shape index (κ3) is 3.43. The second kappa shape index (κ2) is 6.13. The Balaban J connectivity index is 2.40. The Bertz CT molecular complexity index is 584. The van der Waals surface area contributed by atoms with Crippen LogP contribution in [0.4, 0.5) is 8.78 Å². The maximum absolute atomic E-state index is 14.7. The van der Waals surface area contributed by atoms with E-state index in [1.165, 1.54) is 13.0 Å². The lowest BCUT2D eigenvalue weighted by atomic mass is 9.87. The summed E-state index contributed by atoms with van der Waals surface area (Å²) >= 11 is 3.29. The van der Waals surface area contributed by atoms with E-state index in [0.29, 0.717) is 11.3 Å². The van der Waals surface area contributed by atoms with E-state index in [2.05, 4.69) is 15.9 Å². The molecule has 21 heavy (non-hydrogen) atoms. The van der Waals surface area contributed by atoms with Gasteiger partial charge in [-0.15, -0.1) is 0 Å². The fourth-order valence-electron chi connectivity index (χ4n) is 2.34. The number of carboxylic acids is 1. The summed E-state index contributed by atoms with van der Waals surface area (Å²) in [5, 5.41) is 9.29. The van der Waals surface area contributed by atoms with Crippen LogP contribution in [0.5, 0.6) is 5.75 Å². The van der Waals surface area contributed by atoms with E-state index in [-0.39, 0.29) is 18.4 Å². The summed E-state index contributed by atoms with van der Waals surface area (Å²) in [5.41, 5.74) is -1.55. The van der Waals surface area contributed by atoms with Crippen LogP contribution < -0.4 is 4.74 Å². The minimum absolute atomic E-state index is 0.0208. The average Bonchev–Trinajstić information content (AvgIpc) is 2.43. The molecule has 0 amide bonds. The van der Waals surface area contributed by atoms with Crippen LogP contribution in [0.2, 0.25) is 0 Å². The van der Waals surface area contributed by atoms with Crippen molar-refractivity contribution in [3.63, 3.8) is 0 Å². The van der Waals surface area contributed by atoms with E-state index in [1.54, 1.807) is 18.2 Å². The monoisotopic (exact) mass is 360 g/mol. The highest BCUT2D eigenvalue weighted by molar-refractivity contribution is 9.10. The molecule has 0 aromatic heterocycles. The van der Waals surface area contributed by atoms with Crippen molar-refractivity contribution in [3.8, 4) is 5.75 Å². The molecule has 0 spiro atoms. The van der Waals surface area contributed by atoms with Crippen LogP contribution in [-0.2, 0) is 4.79 Å². The molecule has 3 nitrogen and oxygen atoms in total. The van der Waals surface area contributed by atoms with Gasteiger partial charge in [0, 0.05) is 10.0 Å². The molecule has 0 radical (unpaired) electrons. The second-order valence-corrected chi connectivity index (χ2v) is 6.07. The van der Waals surface area contributed by atoms with Gasteiger partial charge < -0.3 is 9.84 Å². The van der Waals surface area contributed by atoms with Crippen molar-refractivity contribution < 1.29 is 23.4 Å². The minimum Gasteiger partial charge on any atom is -0.481 e. The van der Waals surface area contributed by atoms with Gasteiger partial charge in [0.05, 0.1) is 12.2 Å². The Morgan fingerprint density at radius 3 is 2.86 bits per heavy atom. The van der Waals surface area contributed by atoms with Crippen molar-refractivity contribution in [2.45, 2.75) is 31.5 Å². The summed E-state index contributed by atoms with van der Waals surface area (Å²) in [6.07, 6.45) is 0.0665. The standard InChI is InChI=1S/C15H15BrF2O3/c1-15(18,5-2-6-17)13-11(14(19)20)8-9-7-10(16)3-4-12(9)21-13/h3-4,7-8,13H,2,5-6H2,1H3,(H,19,20). The van der Waals surface area contributed by atoms with Crippen LogP contribution in [0, 0.1) is 0 Å². The van der Waals surface area contributed by atoms with E-state index in [4.69, 9.17) is 4.74 Å². The van der Waals surface area contributed by atoms with Crippen LogP contribution in [0.15, 0.2) is 28.2 Å². The maximum atomic E-state index is 14.7. The lowest BCUT2D eigenvalue weighted by molar-refractivity contribution is -0.134. The van der Waals surface area contributed by atoms with E-state index < -0.39 is 24.4 Å². The van der Waals surface area contributed by atoms with Crippen LogP contribution in [0.3, 0.4) is 0 Å². The average molecular weight is 361 g/mol. The molecule has 2 rings (SSSR count). The van der Waals surface area contributed by atoms with Crippen molar-refractivity contribution >= 4 is 28.0 Å². The van der Waals surface area contributed by atoms with Gasteiger partial charge in [0.15, 0.2) is 6.10 Å². The molecule has 0 fully saturated rings. The molecular weight excluding hydrogens is 346 g/mol. The SMILES string of the molecule is CC(F)(CCCF)C1Oc2ccc(Br)cc2C=C1C(=O)O. The van der Waals surface area contributed by atoms with Gasteiger partial charge in [0.1, 0.15) is 11.4 Å². The number of alkyl halides is 2. The molecule has 1 aromatic rings. The molecule has 6 heteroatoms. The van der Waals surface area contributed by atoms with Gasteiger partial charge in [-0.3, -0.25) is 4.39 Å². The first-order valence-electron chi connectivity index (χ1n) is 6.51. The molecule has 0 bridgehead atoms. The molecule has 1 aromatic carbocycles. The highest BCUT2D eigenvalue weighted by atomic mass is 79.9. The van der Waals surface area contributed by atoms with Crippen molar-refractivity contribution in [2.75, 3.05) is 6.67 Å². The van der Waals surface area contributed by atoms with Gasteiger partial charge in [0.2, 0.25) is 0 Å². The number of hydrogen-bond donors (Lipinski definition) is 1. The van der Waals surface area contributed by atoms with Crippen molar-refractivity contribution in [1.82, 2.24) is 0 Å². The Kier molecular flexibility index (Phi) is 4.66. The normalized spacial score (nSPS) is 20.0. The number of halogens is 3. The van der Waals surface area contributed by atoms with Gasteiger partial charge in [-0.05, 0) is 44.0 Å². The first kappa shape index (κ1) is 15.9. The lowest BCUT2D eigenvalue weighted by Gasteiger charge is -2.34. The summed E-state index contributed by atoms with van der Waals surface area (Å²) in [6.45, 7) is 0.593. The van der Waals surface area contributed by atoms with Gasteiger partial charge in [0.25, 0.3) is 0 Å². The van der Waals surface area contributed by atoms with E-state index in [0.717, 1.165) is 4.47 Å². The number of benzene rings is 1. The summed E-state index contributed by atoms with van der Waals surface area (Å²) < 4.78 is 33.4. The van der Waals surface area contributed by atoms with Crippen LogP contribution in [0.1, 0.15) is 25.3 Å².